The van der Waals surface area contributed by atoms with Gasteiger partial charge in [0.25, 0.3) is 5.69 Å². The Bertz CT molecular complexity index is 777. The number of anilines is 1. The van der Waals surface area contributed by atoms with Gasteiger partial charge in [-0.3, -0.25) is 19.8 Å². The molecule has 0 saturated heterocycles. The lowest BCUT2D eigenvalue weighted by molar-refractivity contribution is -0.385. The summed E-state index contributed by atoms with van der Waals surface area (Å²) in [6.45, 7) is 2.36. The molecule has 0 spiro atoms. The number of nitro benzene ring substituents is 1. The molecule has 7 nitrogen and oxygen atoms in total. The van der Waals surface area contributed by atoms with Crippen molar-refractivity contribution in [3.8, 4) is 5.75 Å². The van der Waals surface area contributed by atoms with E-state index in [0.717, 1.165) is 11.3 Å². The van der Waals surface area contributed by atoms with Gasteiger partial charge in [0.1, 0.15) is 5.75 Å². The van der Waals surface area contributed by atoms with Gasteiger partial charge in [-0.25, -0.2) is 0 Å². The van der Waals surface area contributed by atoms with Crippen molar-refractivity contribution >= 4 is 17.3 Å². The number of amides is 1. The second-order valence-corrected chi connectivity index (χ2v) is 5.79. The minimum Gasteiger partial charge on any atom is -0.496 e. The fraction of sp³-hybridized carbons (Fsp3) is 0.278. The van der Waals surface area contributed by atoms with E-state index in [-0.39, 0.29) is 18.1 Å². The Balaban J connectivity index is 1.98. The van der Waals surface area contributed by atoms with Crippen molar-refractivity contribution in [3.05, 3.63) is 63.7 Å². The second-order valence-electron chi connectivity index (χ2n) is 5.79. The number of hydrogen-bond donors (Lipinski definition) is 1. The van der Waals surface area contributed by atoms with Gasteiger partial charge < -0.3 is 10.1 Å². The smallest absolute Gasteiger partial charge is 0.274 e. The van der Waals surface area contributed by atoms with Gasteiger partial charge >= 0.3 is 0 Å². The van der Waals surface area contributed by atoms with E-state index in [1.807, 2.05) is 36.2 Å². The predicted molar refractivity (Wildman–Crippen MR) is 95.8 cm³/mol. The average Bonchev–Trinajstić information content (AvgIpc) is 2.56. The number of para-hydroxylation sites is 1. The molecule has 0 atom stereocenters. The summed E-state index contributed by atoms with van der Waals surface area (Å²) >= 11 is 0. The molecule has 0 aliphatic carbocycles. The van der Waals surface area contributed by atoms with Crippen molar-refractivity contribution in [1.82, 2.24) is 4.90 Å². The van der Waals surface area contributed by atoms with Crippen LogP contribution in [0.2, 0.25) is 0 Å². The molecule has 0 saturated carbocycles. The molecule has 0 unspecified atom stereocenters. The lowest BCUT2D eigenvalue weighted by Gasteiger charge is -2.18. The number of likely N-dealkylation sites (N-methyl/N-ethyl adjacent to an activating group) is 1. The van der Waals surface area contributed by atoms with Gasteiger partial charge in [0, 0.05) is 29.4 Å². The Labute approximate surface area is 146 Å². The Morgan fingerprint density at radius 2 is 2.00 bits per heavy atom. The SMILES string of the molecule is COc1ccccc1CN(C)CC(=O)Nc1ccc(C)c([N+](=O)[O-])c1. The van der Waals surface area contributed by atoms with Crippen molar-refractivity contribution in [3.63, 3.8) is 0 Å². The highest BCUT2D eigenvalue weighted by Crippen LogP contribution is 2.22. The van der Waals surface area contributed by atoms with E-state index in [2.05, 4.69) is 5.32 Å². The van der Waals surface area contributed by atoms with Crippen LogP contribution in [-0.4, -0.2) is 36.4 Å². The molecule has 0 fully saturated rings. The summed E-state index contributed by atoms with van der Waals surface area (Å²) in [6, 6.07) is 12.3. The fourth-order valence-corrected chi connectivity index (χ4v) is 2.51. The molecule has 2 aromatic rings. The van der Waals surface area contributed by atoms with E-state index in [4.69, 9.17) is 4.74 Å². The van der Waals surface area contributed by atoms with Gasteiger partial charge in [0.15, 0.2) is 0 Å². The van der Waals surface area contributed by atoms with Crippen LogP contribution >= 0.6 is 0 Å². The molecule has 25 heavy (non-hydrogen) atoms. The zero-order chi connectivity index (χ0) is 18.4. The molecular formula is C18H21N3O4. The van der Waals surface area contributed by atoms with Crippen LogP contribution < -0.4 is 10.1 Å². The lowest BCUT2D eigenvalue weighted by atomic mass is 10.2. The zero-order valence-corrected chi connectivity index (χ0v) is 14.5. The van der Waals surface area contributed by atoms with Gasteiger partial charge in [0.05, 0.1) is 18.6 Å². The monoisotopic (exact) mass is 343 g/mol. The van der Waals surface area contributed by atoms with Crippen LogP contribution in [0.1, 0.15) is 11.1 Å². The minimum atomic E-state index is -0.460. The first-order chi connectivity index (χ1) is 11.9. The van der Waals surface area contributed by atoms with E-state index in [9.17, 15) is 14.9 Å². The molecule has 7 heteroatoms. The van der Waals surface area contributed by atoms with Crippen LogP contribution in [0, 0.1) is 17.0 Å². The minimum absolute atomic E-state index is 0.0137. The van der Waals surface area contributed by atoms with E-state index >= 15 is 0 Å². The van der Waals surface area contributed by atoms with Crippen molar-refractivity contribution in [2.24, 2.45) is 0 Å². The number of nitrogens with zero attached hydrogens (tertiary/aromatic N) is 2. The first kappa shape index (κ1) is 18.4. The molecule has 2 aromatic carbocycles. The number of nitrogens with one attached hydrogen (secondary N) is 1. The number of rotatable bonds is 7. The number of carbonyl (C=O) groups excluding carboxylic acids is 1. The summed E-state index contributed by atoms with van der Waals surface area (Å²) < 4.78 is 5.30. The average molecular weight is 343 g/mol. The highest BCUT2D eigenvalue weighted by atomic mass is 16.6. The second kappa shape index (κ2) is 8.25. The third kappa shape index (κ3) is 5.02. The zero-order valence-electron chi connectivity index (χ0n) is 14.5. The first-order valence-corrected chi connectivity index (χ1v) is 7.76. The number of methoxy groups -OCH3 is 1. The maximum atomic E-state index is 12.2. The van der Waals surface area contributed by atoms with E-state index in [1.165, 1.54) is 6.07 Å². The molecule has 1 N–H and O–H groups in total. The Kier molecular flexibility index (Phi) is 6.08. The number of hydrogen-bond acceptors (Lipinski definition) is 5. The molecule has 0 aliphatic heterocycles. The summed E-state index contributed by atoms with van der Waals surface area (Å²) in [5.41, 5.74) is 1.93. The molecule has 0 heterocycles. The van der Waals surface area contributed by atoms with E-state index in [0.29, 0.717) is 17.8 Å². The predicted octanol–water partition coefficient (Wildman–Crippen LogP) is 2.98. The molecule has 2 rings (SSSR count). The lowest BCUT2D eigenvalue weighted by Crippen LogP contribution is -2.30. The third-order valence-electron chi connectivity index (χ3n) is 3.74. The Hall–Kier alpha value is -2.93. The van der Waals surface area contributed by atoms with Crippen molar-refractivity contribution in [2.45, 2.75) is 13.5 Å². The van der Waals surface area contributed by atoms with Crippen LogP contribution in [-0.2, 0) is 11.3 Å². The Morgan fingerprint density at radius 3 is 2.68 bits per heavy atom. The summed E-state index contributed by atoms with van der Waals surface area (Å²) in [5.74, 6) is 0.527. The normalized spacial score (nSPS) is 10.6. The van der Waals surface area contributed by atoms with Crippen molar-refractivity contribution in [1.29, 1.82) is 0 Å². The highest BCUT2D eigenvalue weighted by Gasteiger charge is 2.14. The molecule has 0 aliphatic rings. The van der Waals surface area contributed by atoms with Gasteiger partial charge in [-0.1, -0.05) is 24.3 Å². The standard InChI is InChI=1S/C18H21N3O4/c1-13-8-9-15(10-16(13)21(23)24)19-18(22)12-20(2)11-14-6-4-5-7-17(14)25-3/h4-10H,11-12H2,1-3H3,(H,19,22). The molecule has 132 valence electrons. The van der Waals surface area contributed by atoms with Crippen LogP contribution in [0.25, 0.3) is 0 Å². The third-order valence-corrected chi connectivity index (χ3v) is 3.74. The van der Waals surface area contributed by atoms with Crippen LogP contribution in [0.5, 0.6) is 5.75 Å². The number of carbonyl (C=O) groups is 1. The van der Waals surface area contributed by atoms with E-state index < -0.39 is 4.92 Å². The Morgan fingerprint density at radius 1 is 1.28 bits per heavy atom. The first-order valence-electron chi connectivity index (χ1n) is 7.76. The molecular weight excluding hydrogens is 322 g/mol. The molecule has 0 aromatic heterocycles. The number of benzene rings is 2. The van der Waals surface area contributed by atoms with Gasteiger partial charge in [-0.05, 0) is 26.1 Å². The highest BCUT2D eigenvalue weighted by molar-refractivity contribution is 5.92. The van der Waals surface area contributed by atoms with Crippen LogP contribution in [0.15, 0.2) is 42.5 Å². The number of aryl methyl sites for hydroxylation is 1. The maximum Gasteiger partial charge on any atom is 0.274 e. The van der Waals surface area contributed by atoms with Gasteiger partial charge in [0.2, 0.25) is 5.91 Å². The van der Waals surface area contributed by atoms with Crippen molar-refractivity contribution in [2.75, 3.05) is 26.0 Å². The van der Waals surface area contributed by atoms with Crippen LogP contribution in [0.3, 0.4) is 0 Å². The van der Waals surface area contributed by atoms with Gasteiger partial charge in [-0.2, -0.15) is 0 Å². The number of nitro groups is 1. The largest absolute Gasteiger partial charge is 0.496 e. The maximum absolute atomic E-state index is 12.2. The molecule has 1 amide bonds. The summed E-state index contributed by atoms with van der Waals surface area (Å²) in [4.78, 5) is 24.5. The summed E-state index contributed by atoms with van der Waals surface area (Å²) in [7, 11) is 3.43. The summed E-state index contributed by atoms with van der Waals surface area (Å²) in [6.07, 6.45) is 0. The van der Waals surface area contributed by atoms with Crippen molar-refractivity contribution < 1.29 is 14.5 Å². The van der Waals surface area contributed by atoms with Gasteiger partial charge in [-0.15, -0.1) is 0 Å². The molecule has 0 radical (unpaired) electrons. The van der Waals surface area contributed by atoms with E-state index in [1.54, 1.807) is 26.2 Å². The topological polar surface area (TPSA) is 84.7 Å². The number of ether oxygens (including phenoxy) is 1. The van der Waals surface area contributed by atoms with Crippen LogP contribution in [0.4, 0.5) is 11.4 Å². The quantitative estimate of drug-likeness (QED) is 0.617. The molecule has 0 bridgehead atoms. The fourth-order valence-electron chi connectivity index (χ4n) is 2.51. The summed E-state index contributed by atoms with van der Waals surface area (Å²) in [5, 5.41) is 13.7.